The van der Waals surface area contributed by atoms with Crippen LogP contribution in [0.4, 0.5) is 5.69 Å². The number of rotatable bonds is 4. The number of benzene rings is 2. The van der Waals surface area contributed by atoms with Crippen molar-refractivity contribution in [3.8, 4) is 0 Å². The molecule has 1 heterocycles. The summed E-state index contributed by atoms with van der Waals surface area (Å²) in [5, 5.41) is 11.9. The summed E-state index contributed by atoms with van der Waals surface area (Å²) in [7, 11) is 0. The summed E-state index contributed by atoms with van der Waals surface area (Å²) in [4.78, 5) is 41.1. The van der Waals surface area contributed by atoms with E-state index >= 15 is 0 Å². The lowest BCUT2D eigenvalue weighted by Gasteiger charge is -2.06. The van der Waals surface area contributed by atoms with Crippen molar-refractivity contribution >= 4 is 45.8 Å². The SMILES string of the molecule is O=C(OCc1nc2cc(Cl)ccc2c(=O)[nH]1)c1ccc(Cl)cc1[N+](=O)[O-]. The van der Waals surface area contributed by atoms with Crippen molar-refractivity contribution in [3.63, 3.8) is 0 Å². The lowest BCUT2D eigenvalue weighted by Crippen LogP contribution is -2.15. The maximum Gasteiger partial charge on any atom is 0.345 e. The molecule has 132 valence electrons. The van der Waals surface area contributed by atoms with E-state index in [4.69, 9.17) is 27.9 Å². The first kappa shape index (κ1) is 17.8. The van der Waals surface area contributed by atoms with Gasteiger partial charge in [0.25, 0.3) is 11.2 Å². The number of aromatic nitrogens is 2. The van der Waals surface area contributed by atoms with Gasteiger partial charge in [-0.3, -0.25) is 14.9 Å². The van der Waals surface area contributed by atoms with Crippen molar-refractivity contribution < 1.29 is 14.5 Å². The van der Waals surface area contributed by atoms with Gasteiger partial charge in [0.05, 0.1) is 15.8 Å². The summed E-state index contributed by atoms with van der Waals surface area (Å²) in [6.45, 7) is -0.379. The van der Waals surface area contributed by atoms with Crippen LogP contribution in [0.3, 0.4) is 0 Å². The molecule has 0 bridgehead atoms. The maximum absolute atomic E-state index is 12.1. The highest BCUT2D eigenvalue weighted by atomic mass is 35.5. The van der Waals surface area contributed by atoms with Crippen LogP contribution in [-0.2, 0) is 11.3 Å². The second-order valence-electron chi connectivity index (χ2n) is 5.17. The number of hydrogen-bond donors (Lipinski definition) is 1. The van der Waals surface area contributed by atoms with Crippen molar-refractivity contribution in [1.29, 1.82) is 0 Å². The van der Waals surface area contributed by atoms with E-state index in [0.29, 0.717) is 15.9 Å². The van der Waals surface area contributed by atoms with Gasteiger partial charge in [-0.15, -0.1) is 0 Å². The molecule has 0 aliphatic rings. The Kier molecular flexibility index (Phi) is 4.88. The molecule has 26 heavy (non-hydrogen) atoms. The number of fused-ring (bicyclic) bond motifs is 1. The molecule has 0 unspecified atom stereocenters. The molecular formula is C16H9Cl2N3O5. The number of nitro benzene ring substituents is 1. The Bertz CT molecular complexity index is 1100. The van der Waals surface area contributed by atoms with Crippen LogP contribution in [-0.4, -0.2) is 20.9 Å². The number of nitro groups is 1. The highest BCUT2D eigenvalue weighted by molar-refractivity contribution is 6.31. The van der Waals surface area contributed by atoms with Crippen LogP contribution >= 0.6 is 23.2 Å². The molecule has 3 aromatic rings. The molecule has 0 saturated carbocycles. The van der Waals surface area contributed by atoms with Gasteiger partial charge >= 0.3 is 5.97 Å². The third-order valence-electron chi connectivity index (χ3n) is 3.43. The minimum absolute atomic E-state index is 0.0785. The van der Waals surface area contributed by atoms with Gasteiger partial charge in [0.15, 0.2) is 0 Å². The number of hydrogen-bond acceptors (Lipinski definition) is 6. The predicted octanol–water partition coefficient (Wildman–Crippen LogP) is 3.50. The first-order chi connectivity index (χ1) is 12.3. The van der Waals surface area contributed by atoms with Gasteiger partial charge in [0.1, 0.15) is 18.0 Å². The van der Waals surface area contributed by atoms with Crippen molar-refractivity contribution in [2.24, 2.45) is 0 Å². The van der Waals surface area contributed by atoms with E-state index in [0.717, 1.165) is 6.07 Å². The molecule has 0 radical (unpaired) electrons. The van der Waals surface area contributed by atoms with Gasteiger partial charge in [0, 0.05) is 16.1 Å². The number of esters is 1. The third kappa shape index (κ3) is 3.66. The number of aromatic amines is 1. The lowest BCUT2D eigenvalue weighted by molar-refractivity contribution is -0.385. The Morgan fingerprint density at radius 1 is 1.19 bits per heavy atom. The van der Waals surface area contributed by atoms with Gasteiger partial charge in [-0.2, -0.15) is 0 Å². The van der Waals surface area contributed by atoms with Crippen molar-refractivity contribution in [1.82, 2.24) is 9.97 Å². The molecule has 0 amide bonds. The largest absolute Gasteiger partial charge is 0.454 e. The van der Waals surface area contributed by atoms with Crippen LogP contribution < -0.4 is 5.56 Å². The normalized spacial score (nSPS) is 10.7. The number of ether oxygens (including phenoxy) is 1. The van der Waals surface area contributed by atoms with E-state index in [1.165, 1.54) is 24.3 Å². The summed E-state index contributed by atoms with van der Waals surface area (Å²) < 4.78 is 5.03. The zero-order chi connectivity index (χ0) is 18.8. The van der Waals surface area contributed by atoms with Crippen LogP contribution in [0.1, 0.15) is 16.2 Å². The Morgan fingerprint density at radius 2 is 1.88 bits per heavy atom. The van der Waals surface area contributed by atoms with Gasteiger partial charge < -0.3 is 9.72 Å². The third-order valence-corrected chi connectivity index (χ3v) is 3.90. The maximum atomic E-state index is 12.1. The van der Waals surface area contributed by atoms with Crippen LogP contribution in [0.15, 0.2) is 41.2 Å². The molecule has 2 aromatic carbocycles. The minimum Gasteiger partial charge on any atom is -0.454 e. The number of carbonyl (C=O) groups excluding carboxylic acids is 1. The van der Waals surface area contributed by atoms with Crippen LogP contribution in [0.5, 0.6) is 0 Å². The topological polar surface area (TPSA) is 115 Å². The summed E-state index contributed by atoms with van der Waals surface area (Å²) in [5.74, 6) is -0.864. The summed E-state index contributed by atoms with van der Waals surface area (Å²) in [6.07, 6.45) is 0. The van der Waals surface area contributed by atoms with Crippen molar-refractivity contribution in [2.75, 3.05) is 0 Å². The van der Waals surface area contributed by atoms with Gasteiger partial charge in [-0.1, -0.05) is 23.2 Å². The van der Waals surface area contributed by atoms with Crippen molar-refractivity contribution in [3.05, 3.63) is 78.3 Å². The fraction of sp³-hybridized carbons (Fsp3) is 0.0625. The number of halogens is 2. The minimum atomic E-state index is -0.942. The second kappa shape index (κ2) is 7.11. The first-order valence-electron chi connectivity index (χ1n) is 7.14. The van der Waals surface area contributed by atoms with E-state index in [9.17, 15) is 19.7 Å². The number of nitrogens with zero attached hydrogens (tertiary/aromatic N) is 2. The molecule has 1 N–H and O–H groups in total. The molecule has 0 atom stereocenters. The molecule has 0 aliphatic heterocycles. The fourth-order valence-corrected chi connectivity index (χ4v) is 2.60. The first-order valence-corrected chi connectivity index (χ1v) is 7.90. The van der Waals surface area contributed by atoms with Gasteiger partial charge in [0.2, 0.25) is 0 Å². The predicted molar refractivity (Wildman–Crippen MR) is 94.6 cm³/mol. The average Bonchev–Trinajstić information content (AvgIpc) is 2.59. The van der Waals surface area contributed by atoms with E-state index in [1.54, 1.807) is 6.07 Å². The second-order valence-corrected chi connectivity index (χ2v) is 6.04. The molecular weight excluding hydrogens is 385 g/mol. The Morgan fingerprint density at radius 3 is 2.62 bits per heavy atom. The van der Waals surface area contributed by atoms with Gasteiger partial charge in [-0.25, -0.2) is 9.78 Å². The zero-order valence-electron chi connectivity index (χ0n) is 12.9. The number of H-pyrrole nitrogens is 1. The fourth-order valence-electron chi connectivity index (χ4n) is 2.27. The Hall–Kier alpha value is -2.97. The average molecular weight is 394 g/mol. The van der Waals surface area contributed by atoms with Crippen LogP contribution in [0.2, 0.25) is 10.0 Å². The zero-order valence-corrected chi connectivity index (χ0v) is 14.4. The highest BCUT2D eigenvalue weighted by Gasteiger charge is 2.22. The molecule has 10 heteroatoms. The van der Waals surface area contributed by atoms with E-state index < -0.39 is 22.1 Å². The Labute approximate surface area is 155 Å². The van der Waals surface area contributed by atoms with Crippen molar-refractivity contribution in [2.45, 2.75) is 6.61 Å². The number of carbonyl (C=O) groups is 1. The summed E-state index contributed by atoms with van der Waals surface area (Å²) >= 11 is 11.6. The van der Waals surface area contributed by atoms with E-state index in [-0.39, 0.29) is 23.0 Å². The molecule has 1 aromatic heterocycles. The molecule has 0 spiro atoms. The quantitative estimate of drug-likeness (QED) is 0.412. The summed E-state index contributed by atoms with van der Waals surface area (Å²) in [5.41, 5.74) is -0.820. The highest BCUT2D eigenvalue weighted by Crippen LogP contribution is 2.24. The Balaban J connectivity index is 1.85. The van der Waals surface area contributed by atoms with E-state index in [2.05, 4.69) is 9.97 Å². The monoisotopic (exact) mass is 393 g/mol. The smallest absolute Gasteiger partial charge is 0.345 e. The standard InChI is InChI=1S/C16H9Cl2N3O5/c17-8-1-3-10-12(5-8)19-14(20-15(10)22)7-26-16(23)11-4-2-9(18)6-13(11)21(24)25/h1-6H,7H2,(H,19,20,22). The molecule has 0 saturated heterocycles. The molecule has 0 aliphatic carbocycles. The summed E-state index contributed by atoms with van der Waals surface area (Å²) in [6, 6.07) is 8.16. The van der Waals surface area contributed by atoms with Crippen LogP contribution in [0.25, 0.3) is 10.9 Å². The molecule has 0 fully saturated rings. The molecule has 8 nitrogen and oxygen atoms in total. The number of nitrogens with one attached hydrogen (secondary N) is 1. The lowest BCUT2D eigenvalue weighted by atomic mass is 10.2. The van der Waals surface area contributed by atoms with Gasteiger partial charge in [-0.05, 0) is 30.3 Å². The molecule has 3 rings (SSSR count). The van der Waals surface area contributed by atoms with Crippen LogP contribution in [0, 0.1) is 10.1 Å². The van der Waals surface area contributed by atoms with E-state index in [1.807, 2.05) is 0 Å².